The number of carbonyl (C=O) groups excluding carboxylic acids is 1. The zero-order valence-electron chi connectivity index (χ0n) is 11.2. The fourth-order valence-electron chi connectivity index (χ4n) is 2.16. The van der Waals surface area contributed by atoms with Crippen molar-refractivity contribution in [2.75, 3.05) is 32.8 Å². The maximum Gasteiger partial charge on any atom is 0.228 e. The molecule has 1 aromatic rings. The maximum atomic E-state index is 11.9. The van der Waals surface area contributed by atoms with E-state index in [4.69, 9.17) is 14.2 Å². The lowest BCUT2D eigenvalue weighted by atomic mass is 10.2. The van der Waals surface area contributed by atoms with Crippen LogP contribution in [-0.2, 0) is 4.79 Å². The third kappa shape index (κ3) is 2.58. The Morgan fingerprint density at radius 1 is 1.16 bits per heavy atom. The van der Waals surface area contributed by atoms with E-state index in [-0.39, 0.29) is 11.2 Å². The van der Waals surface area contributed by atoms with Crippen LogP contribution >= 0.6 is 12.6 Å². The molecule has 1 fully saturated rings. The van der Waals surface area contributed by atoms with Gasteiger partial charge in [0.15, 0.2) is 11.5 Å². The molecule has 2 rings (SSSR count). The van der Waals surface area contributed by atoms with Crippen LogP contribution in [0.5, 0.6) is 17.2 Å². The number of nitrogens with zero attached hydrogens (tertiary/aromatic N) is 1. The number of methoxy groups -OCH3 is 3. The van der Waals surface area contributed by atoms with E-state index < -0.39 is 0 Å². The van der Waals surface area contributed by atoms with Crippen LogP contribution in [0.15, 0.2) is 12.1 Å². The highest BCUT2D eigenvalue weighted by Gasteiger charge is 2.29. The lowest BCUT2D eigenvalue weighted by Crippen LogP contribution is -2.24. The van der Waals surface area contributed by atoms with Crippen LogP contribution in [0.3, 0.4) is 0 Å². The van der Waals surface area contributed by atoms with Crippen molar-refractivity contribution in [3.8, 4) is 17.2 Å². The molecule has 6 heteroatoms. The molecule has 1 aliphatic rings. The summed E-state index contributed by atoms with van der Waals surface area (Å²) >= 11 is 4.35. The molecule has 0 aromatic heterocycles. The van der Waals surface area contributed by atoms with Gasteiger partial charge in [0.25, 0.3) is 0 Å². The third-order valence-electron chi connectivity index (χ3n) is 3.07. The Balaban J connectivity index is 2.44. The Morgan fingerprint density at radius 3 is 2.11 bits per heavy atom. The van der Waals surface area contributed by atoms with Gasteiger partial charge >= 0.3 is 0 Å². The van der Waals surface area contributed by atoms with Gasteiger partial charge in [-0.15, -0.1) is 0 Å². The van der Waals surface area contributed by atoms with Crippen molar-refractivity contribution >= 4 is 24.2 Å². The van der Waals surface area contributed by atoms with E-state index in [0.29, 0.717) is 30.2 Å². The number of anilines is 1. The number of carbonyl (C=O) groups is 1. The summed E-state index contributed by atoms with van der Waals surface area (Å²) in [6.45, 7) is 0.584. The fourth-order valence-corrected chi connectivity index (χ4v) is 2.48. The normalized spacial score (nSPS) is 18.6. The van der Waals surface area contributed by atoms with Crippen LogP contribution in [0, 0.1) is 0 Å². The van der Waals surface area contributed by atoms with Gasteiger partial charge in [0, 0.05) is 30.3 Å². The first-order valence-corrected chi connectivity index (χ1v) is 6.40. The number of amides is 1. The molecular weight excluding hydrogens is 266 g/mol. The Hall–Kier alpha value is -1.56. The highest BCUT2D eigenvalue weighted by atomic mass is 32.1. The van der Waals surface area contributed by atoms with E-state index in [9.17, 15) is 4.79 Å². The summed E-state index contributed by atoms with van der Waals surface area (Å²) in [7, 11) is 4.65. The highest BCUT2D eigenvalue weighted by Crippen LogP contribution is 2.41. The van der Waals surface area contributed by atoms with Gasteiger partial charge in [0.1, 0.15) is 0 Å². The fraction of sp³-hybridized carbons (Fsp3) is 0.462. The second kappa shape index (κ2) is 5.61. The first kappa shape index (κ1) is 13.9. The molecule has 104 valence electrons. The zero-order valence-corrected chi connectivity index (χ0v) is 12.1. The minimum atomic E-state index is 0.0503. The minimum absolute atomic E-state index is 0.0503. The van der Waals surface area contributed by atoms with Crippen molar-refractivity contribution in [1.82, 2.24) is 0 Å². The molecule has 0 radical (unpaired) electrons. The van der Waals surface area contributed by atoms with Gasteiger partial charge < -0.3 is 19.1 Å². The summed E-state index contributed by atoms with van der Waals surface area (Å²) in [5.74, 6) is 1.64. The number of rotatable bonds is 4. The standard InChI is InChI=1S/C13H17NO4S/c1-16-10-4-8(5-11(17-2)13(10)18-3)14-7-9(19)6-12(14)15/h4-5,9,19H,6-7H2,1-3H3. The van der Waals surface area contributed by atoms with Gasteiger partial charge in [0.05, 0.1) is 27.0 Å². The van der Waals surface area contributed by atoms with Crippen LogP contribution in [0.2, 0.25) is 0 Å². The molecule has 5 nitrogen and oxygen atoms in total. The summed E-state index contributed by atoms with van der Waals surface area (Å²) in [4.78, 5) is 13.6. The molecule has 0 saturated carbocycles. The molecule has 0 N–H and O–H groups in total. The molecule has 0 spiro atoms. The van der Waals surface area contributed by atoms with Crippen LogP contribution in [0.25, 0.3) is 0 Å². The average molecular weight is 283 g/mol. The van der Waals surface area contributed by atoms with Crippen molar-refractivity contribution in [3.05, 3.63) is 12.1 Å². The average Bonchev–Trinajstić information content (AvgIpc) is 2.75. The van der Waals surface area contributed by atoms with Crippen LogP contribution in [0.4, 0.5) is 5.69 Å². The van der Waals surface area contributed by atoms with Gasteiger partial charge in [-0.05, 0) is 0 Å². The summed E-state index contributed by atoms with van der Waals surface area (Å²) < 4.78 is 15.8. The lowest BCUT2D eigenvalue weighted by molar-refractivity contribution is -0.117. The molecule has 1 heterocycles. The van der Waals surface area contributed by atoms with Gasteiger partial charge in [-0.2, -0.15) is 12.6 Å². The Bertz CT molecular complexity index is 467. The summed E-state index contributed by atoms with van der Waals surface area (Å²) in [5, 5.41) is 0.0617. The van der Waals surface area contributed by atoms with Crippen molar-refractivity contribution in [3.63, 3.8) is 0 Å². The summed E-state index contributed by atoms with van der Waals surface area (Å²) in [6.07, 6.45) is 0.444. The zero-order chi connectivity index (χ0) is 14.0. The first-order chi connectivity index (χ1) is 9.10. The Morgan fingerprint density at radius 2 is 1.74 bits per heavy atom. The highest BCUT2D eigenvalue weighted by molar-refractivity contribution is 7.81. The van der Waals surface area contributed by atoms with E-state index in [2.05, 4.69) is 12.6 Å². The molecule has 1 aromatic carbocycles. The summed E-state index contributed by atoms with van der Waals surface area (Å²) in [6, 6.07) is 3.54. The first-order valence-electron chi connectivity index (χ1n) is 5.89. The van der Waals surface area contributed by atoms with E-state index in [1.807, 2.05) is 0 Å². The van der Waals surface area contributed by atoms with Gasteiger partial charge in [0.2, 0.25) is 11.7 Å². The molecule has 1 aliphatic heterocycles. The number of benzene rings is 1. The molecule has 1 amide bonds. The van der Waals surface area contributed by atoms with Gasteiger partial charge in [-0.3, -0.25) is 4.79 Å². The molecule has 1 atom stereocenters. The van der Waals surface area contributed by atoms with Crippen molar-refractivity contribution in [2.45, 2.75) is 11.7 Å². The molecule has 0 bridgehead atoms. The number of thiol groups is 1. The SMILES string of the molecule is COc1cc(N2CC(S)CC2=O)cc(OC)c1OC. The van der Waals surface area contributed by atoms with Crippen LogP contribution in [-0.4, -0.2) is 39.0 Å². The van der Waals surface area contributed by atoms with Crippen LogP contribution < -0.4 is 19.1 Å². The quantitative estimate of drug-likeness (QED) is 0.855. The number of hydrogen-bond acceptors (Lipinski definition) is 5. The minimum Gasteiger partial charge on any atom is -0.493 e. The predicted octanol–water partition coefficient (Wildman–Crippen LogP) is 1.75. The Labute approximate surface area is 117 Å². The number of hydrogen-bond donors (Lipinski definition) is 1. The second-order valence-corrected chi connectivity index (χ2v) is 4.98. The third-order valence-corrected chi connectivity index (χ3v) is 3.41. The molecule has 1 saturated heterocycles. The Kier molecular flexibility index (Phi) is 4.09. The largest absolute Gasteiger partial charge is 0.493 e. The predicted molar refractivity (Wildman–Crippen MR) is 75.8 cm³/mol. The topological polar surface area (TPSA) is 48.0 Å². The van der Waals surface area contributed by atoms with Crippen LogP contribution in [0.1, 0.15) is 6.42 Å². The molecular formula is C13H17NO4S. The molecule has 0 aliphatic carbocycles. The number of ether oxygens (including phenoxy) is 3. The van der Waals surface area contributed by atoms with Gasteiger partial charge in [-0.25, -0.2) is 0 Å². The van der Waals surface area contributed by atoms with Crippen molar-refractivity contribution < 1.29 is 19.0 Å². The van der Waals surface area contributed by atoms with Crippen molar-refractivity contribution in [2.24, 2.45) is 0 Å². The van der Waals surface area contributed by atoms with E-state index in [1.54, 1.807) is 38.4 Å². The van der Waals surface area contributed by atoms with Crippen molar-refractivity contribution in [1.29, 1.82) is 0 Å². The monoisotopic (exact) mass is 283 g/mol. The molecule has 1 unspecified atom stereocenters. The summed E-state index contributed by atoms with van der Waals surface area (Å²) in [5.41, 5.74) is 0.732. The lowest BCUT2D eigenvalue weighted by Gasteiger charge is -2.20. The maximum absolute atomic E-state index is 11.9. The second-order valence-electron chi connectivity index (χ2n) is 4.25. The van der Waals surface area contributed by atoms with E-state index in [1.165, 1.54) is 0 Å². The van der Waals surface area contributed by atoms with E-state index in [0.717, 1.165) is 5.69 Å². The smallest absolute Gasteiger partial charge is 0.228 e. The molecule has 19 heavy (non-hydrogen) atoms. The van der Waals surface area contributed by atoms with E-state index >= 15 is 0 Å². The van der Waals surface area contributed by atoms with Gasteiger partial charge in [-0.1, -0.05) is 0 Å².